The molecular formula is C12H8F5NO2S. The van der Waals surface area contributed by atoms with Crippen LogP contribution >= 0.6 is 11.8 Å². The summed E-state index contributed by atoms with van der Waals surface area (Å²) in [4.78, 5) is 11.1. The van der Waals surface area contributed by atoms with Gasteiger partial charge in [-0.2, -0.15) is 18.4 Å². The molecule has 0 saturated heterocycles. The van der Waals surface area contributed by atoms with Gasteiger partial charge >= 0.3 is 11.5 Å². The van der Waals surface area contributed by atoms with Crippen molar-refractivity contribution in [3.05, 3.63) is 28.8 Å². The minimum absolute atomic E-state index is 0.139. The molecule has 1 aromatic rings. The van der Waals surface area contributed by atoms with Gasteiger partial charge in [0.15, 0.2) is 0 Å². The molecule has 0 amide bonds. The molecule has 0 spiro atoms. The Morgan fingerprint density at radius 2 is 2.05 bits per heavy atom. The number of nitriles is 1. The number of rotatable bonds is 4. The Balaban J connectivity index is 3.45. The molecule has 114 valence electrons. The normalized spacial score (nSPS) is 11.3. The van der Waals surface area contributed by atoms with Crippen molar-refractivity contribution in [2.24, 2.45) is 0 Å². The van der Waals surface area contributed by atoms with Gasteiger partial charge in [0.2, 0.25) is 0 Å². The molecule has 0 bridgehead atoms. The fourth-order valence-corrected chi connectivity index (χ4v) is 2.15. The van der Waals surface area contributed by atoms with E-state index in [2.05, 4.69) is 4.74 Å². The average Bonchev–Trinajstić information content (AvgIpc) is 2.35. The second-order valence-corrected chi connectivity index (χ2v) is 4.75. The summed E-state index contributed by atoms with van der Waals surface area (Å²) < 4.78 is 67.4. The fourth-order valence-electron chi connectivity index (χ4n) is 1.52. The number of ether oxygens (including phenoxy) is 1. The van der Waals surface area contributed by atoms with Crippen molar-refractivity contribution in [3.8, 4) is 6.07 Å². The quantitative estimate of drug-likeness (QED) is 0.471. The van der Waals surface area contributed by atoms with Gasteiger partial charge < -0.3 is 4.74 Å². The molecule has 1 aromatic carbocycles. The first-order valence-corrected chi connectivity index (χ1v) is 6.30. The van der Waals surface area contributed by atoms with E-state index in [-0.39, 0.29) is 6.61 Å². The summed E-state index contributed by atoms with van der Waals surface area (Å²) >= 11 is -0.603. The van der Waals surface area contributed by atoms with Gasteiger partial charge in [-0.3, -0.25) is 0 Å². The lowest BCUT2D eigenvalue weighted by Crippen LogP contribution is -2.11. The van der Waals surface area contributed by atoms with E-state index >= 15 is 0 Å². The molecule has 0 fully saturated rings. The molecule has 3 nitrogen and oxygen atoms in total. The minimum Gasteiger partial charge on any atom is -0.462 e. The van der Waals surface area contributed by atoms with Crippen LogP contribution in [0.5, 0.6) is 0 Å². The Bertz CT molecular complexity index is 580. The summed E-state index contributed by atoms with van der Waals surface area (Å²) in [5, 5.41) is 8.80. The Hall–Kier alpha value is -1.82. The zero-order chi connectivity index (χ0) is 16.2. The van der Waals surface area contributed by atoms with E-state index in [0.717, 1.165) is 0 Å². The van der Waals surface area contributed by atoms with Gasteiger partial charge in [0, 0.05) is 4.90 Å². The molecule has 0 aliphatic heterocycles. The van der Waals surface area contributed by atoms with Crippen molar-refractivity contribution >= 4 is 17.7 Å². The van der Waals surface area contributed by atoms with Gasteiger partial charge in [0.25, 0.3) is 6.43 Å². The molecule has 0 radical (unpaired) electrons. The van der Waals surface area contributed by atoms with Gasteiger partial charge in [-0.05, 0) is 30.8 Å². The second kappa shape index (κ2) is 6.76. The molecule has 0 aromatic heterocycles. The lowest BCUT2D eigenvalue weighted by atomic mass is 10.0. The average molecular weight is 325 g/mol. The molecule has 0 aliphatic carbocycles. The maximum atomic E-state index is 13.0. The summed E-state index contributed by atoms with van der Waals surface area (Å²) in [7, 11) is 0. The third-order valence-corrected chi connectivity index (χ3v) is 2.92. The first-order valence-electron chi connectivity index (χ1n) is 5.48. The van der Waals surface area contributed by atoms with E-state index < -0.39 is 51.3 Å². The number of carbonyl (C=O) groups excluding carboxylic acids is 1. The highest BCUT2D eigenvalue weighted by Gasteiger charge is 2.32. The van der Waals surface area contributed by atoms with Crippen LogP contribution in [-0.4, -0.2) is 18.1 Å². The number of hydrogen-bond donors (Lipinski definition) is 0. The molecule has 0 heterocycles. The number of thioether (sulfide) groups is 1. The van der Waals surface area contributed by atoms with Crippen molar-refractivity contribution in [2.75, 3.05) is 6.61 Å². The van der Waals surface area contributed by atoms with E-state index in [9.17, 15) is 26.7 Å². The summed E-state index contributed by atoms with van der Waals surface area (Å²) in [6, 6.07) is 2.69. The highest BCUT2D eigenvalue weighted by atomic mass is 32.2. The number of carbonyl (C=O) groups is 1. The first kappa shape index (κ1) is 17.2. The summed E-state index contributed by atoms with van der Waals surface area (Å²) in [5.74, 6) is -1.20. The fraction of sp³-hybridized carbons (Fsp3) is 0.333. The molecule has 1 rings (SSSR count). The number of esters is 1. The van der Waals surface area contributed by atoms with Crippen LogP contribution in [0.1, 0.15) is 34.8 Å². The Kier molecular flexibility index (Phi) is 5.54. The highest BCUT2D eigenvalue weighted by Crippen LogP contribution is 2.39. The monoisotopic (exact) mass is 325 g/mol. The first-order chi connectivity index (χ1) is 9.69. The van der Waals surface area contributed by atoms with Crippen LogP contribution in [0.15, 0.2) is 17.0 Å². The van der Waals surface area contributed by atoms with Crippen LogP contribution < -0.4 is 0 Å². The Morgan fingerprint density at radius 3 is 2.48 bits per heavy atom. The van der Waals surface area contributed by atoms with Crippen molar-refractivity contribution in [2.45, 2.75) is 23.8 Å². The second-order valence-electron chi connectivity index (χ2n) is 3.61. The van der Waals surface area contributed by atoms with Crippen LogP contribution in [0.4, 0.5) is 22.0 Å². The van der Waals surface area contributed by atoms with Crippen molar-refractivity contribution in [3.63, 3.8) is 0 Å². The predicted octanol–water partition coefficient (Wildman–Crippen LogP) is 4.28. The number of halogens is 5. The van der Waals surface area contributed by atoms with E-state index in [1.807, 2.05) is 0 Å². The largest absolute Gasteiger partial charge is 0.462 e. The highest BCUT2D eigenvalue weighted by molar-refractivity contribution is 8.00. The summed E-state index contributed by atoms with van der Waals surface area (Å²) in [6.07, 6.45) is -3.19. The maximum Gasteiger partial charge on any atom is 0.446 e. The number of alkyl halides is 5. The van der Waals surface area contributed by atoms with Gasteiger partial charge in [-0.15, -0.1) is 0 Å². The van der Waals surface area contributed by atoms with Gasteiger partial charge in [0.05, 0.1) is 29.4 Å². The topological polar surface area (TPSA) is 50.1 Å². The van der Waals surface area contributed by atoms with E-state index in [1.165, 1.54) is 13.0 Å². The molecule has 0 aliphatic rings. The number of nitrogens with zero attached hydrogens (tertiary/aromatic N) is 1. The zero-order valence-corrected chi connectivity index (χ0v) is 11.3. The van der Waals surface area contributed by atoms with Gasteiger partial charge in [-0.1, -0.05) is 0 Å². The van der Waals surface area contributed by atoms with E-state index in [1.54, 1.807) is 0 Å². The molecule has 0 unspecified atom stereocenters. The minimum atomic E-state index is -4.68. The van der Waals surface area contributed by atoms with Gasteiger partial charge in [-0.25, -0.2) is 13.6 Å². The summed E-state index contributed by atoms with van der Waals surface area (Å²) in [6.45, 7) is 1.28. The molecule has 0 saturated carbocycles. The zero-order valence-electron chi connectivity index (χ0n) is 10.5. The van der Waals surface area contributed by atoms with E-state index in [0.29, 0.717) is 12.1 Å². The Morgan fingerprint density at radius 1 is 1.43 bits per heavy atom. The number of benzene rings is 1. The standard InChI is InChI=1S/C12H8F5NO2S/c1-2-20-11(19)8-4-7(21-12(15,16)17)3-6(5-18)9(8)10(13)14/h3-4,10H,2H2,1H3. The lowest BCUT2D eigenvalue weighted by molar-refractivity contribution is -0.0328. The third-order valence-electron chi connectivity index (χ3n) is 2.22. The maximum absolute atomic E-state index is 13.0. The molecule has 0 atom stereocenters. The predicted molar refractivity (Wildman–Crippen MR) is 64.0 cm³/mol. The molecule has 0 N–H and O–H groups in total. The molecule has 9 heteroatoms. The van der Waals surface area contributed by atoms with E-state index in [4.69, 9.17) is 5.26 Å². The van der Waals surface area contributed by atoms with Crippen LogP contribution in [0.3, 0.4) is 0 Å². The SMILES string of the molecule is CCOC(=O)c1cc(SC(F)(F)F)cc(C#N)c1C(F)F. The van der Waals surface area contributed by atoms with Crippen LogP contribution in [0.2, 0.25) is 0 Å². The molecule has 21 heavy (non-hydrogen) atoms. The van der Waals surface area contributed by atoms with Crippen molar-refractivity contribution < 1.29 is 31.5 Å². The third kappa shape index (κ3) is 4.60. The molecular weight excluding hydrogens is 317 g/mol. The van der Waals surface area contributed by atoms with Crippen LogP contribution in [0, 0.1) is 11.3 Å². The lowest BCUT2D eigenvalue weighted by Gasteiger charge is -2.13. The van der Waals surface area contributed by atoms with Gasteiger partial charge in [0.1, 0.15) is 0 Å². The van der Waals surface area contributed by atoms with Crippen LogP contribution in [-0.2, 0) is 4.74 Å². The van der Waals surface area contributed by atoms with Crippen molar-refractivity contribution in [1.82, 2.24) is 0 Å². The number of hydrogen-bond acceptors (Lipinski definition) is 4. The van der Waals surface area contributed by atoms with Crippen molar-refractivity contribution in [1.29, 1.82) is 5.26 Å². The Labute approximate surface area is 120 Å². The summed E-state index contributed by atoms with van der Waals surface area (Å²) in [5.41, 5.74) is -7.03. The van der Waals surface area contributed by atoms with Crippen LogP contribution in [0.25, 0.3) is 0 Å². The smallest absolute Gasteiger partial charge is 0.446 e.